The Hall–Kier alpha value is -6.95. The topological polar surface area (TPSA) is 41.9 Å². The second-order valence-electron chi connectivity index (χ2n) is 13.3. The van der Waals surface area contributed by atoms with Crippen LogP contribution in [0.3, 0.4) is 0 Å². The number of hydrogen-bond donors (Lipinski definition) is 0. The molecule has 54 heavy (non-hydrogen) atoms. The Morgan fingerprint density at radius 2 is 0.926 bits per heavy atom. The molecule has 0 saturated carbocycles. The fourth-order valence-electron chi connectivity index (χ4n) is 7.29. The van der Waals surface area contributed by atoms with E-state index in [9.17, 15) is 0 Å². The van der Waals surface area contributed by atoms with Crippen LogP contribution in [-0.4, -0.2) is 15.0 Å². The van der Waals surface area contributed by atoms with Crippen molar-refractivity contribution in [3.63, 3.8) is 0 Å². The van der Waals surface area contributed by atoms with Crippen molar-refractivity contribution in [3.8, 4) is 45.3 Å². The molecular weight excluding hydrogens is 677 g/mol. The summed E-state index contributed by atoms with van der Waals surface area (Å²) >= 11 is 1.80. The van der Waals surface area contributed by atoms with Crippen molar-refractivity contribution < 1.29 is 0 Å². The van der Waals surface area contributed by atoms with Gasteiger partial charge in [0, 0.05) is 53.9 Å². The van der Waals surface area contributed by atoms with Crippen LogP contribution < -0.4 is 4.90 Å². The molecule has 0 aliphatic rings. The van der Waals surface area contributed by atoms with Gasteiger partial charge in [0.2, 0.25) is 0 Å². The molecule has 0 aliphatic heterocycles. The monoisotopic (exact) mass is 708 g/mol. The van der Waals surface area contributed by atoms with Gasteiger partial charge in [0.1, 0.15) is 0 Å². The predicted octanol–water partition coefficient (Wildman–Crippen LogP) is 13.5. The fourth-order valence-corrected chi connectivity index (χ4v) is 8.46. The maximum Gasteiger partial charge on any atom is 0.164 e. The first-order valence-corrected chi connectivity index (χ1v) is 18.8. The Morgan fingerprint density at radius 1 is 0.352 bits per heavy atom. The average molecular weight is 709 g/mol. The molecule has 0 fully saturated rings. The molecule has 2 aromatic heterocycles. The highest BCUT2D eigenvalue weighted by molar-refractivity contribution is 7.26. The Bertz CT molecular complexity index is 2900. The fraction of sp³-hybridized carbons (Fsp3) is 0. The molecular formula is C49H32N4S. The van der Waals surface area contributed by atoms with Crippen LogP contribution in [0.1, 0.15) is 0 Å². The smallest absolute Gasteiger partial charge is 0.164 e. The normalized spacial score (nSPS) is 11.3. The van der Waals surface area contributed by atoms with Gasteiger partial charge in [0.05, 0.1) is 0 Å². The zero-order valence-electron chi connectivity index (χ0n) is 29.2. The van der Waals surface area contributed by atoms with Gasteiger partial charge in [-0.25, -0.2) is 15.0 Å². The van der Waals surface area contributed by atoms with Crippen LogP contribution >= 0.6 is 11.3 Å². The van der Waals surface area contributed by atoms with Crippen LogP contribution in [0.4, 0.5) is 17.1 Å². The van der Waals surface area contributed by atoms with E-state index in [-0.39, 0.29) is 0 Å². The first kappa shape index (κ1) is 31.8. The minimum atomic E-state index is 0.655. The third kappa shape index (κ3) is 5.87. The standard InChI is InChI=1S/C49H32N4S/c1-4-15-34(16-5-1)47-50-48(38-27-26-33-14-10-11-17-35(33)30-38)52-49(51-47)43-24-13-25-44-46(43)42-29-28-37(32-45(42)54-44)36-18-12-23-41(31-36)53(39-19-6-2-7-20-39)40-21-8-3-9-22-40/h1-32H. The van der Waals surface area contributed by atoms with Crippen molar-refractivity contribution >= 4 is 59.3 Å². The zero-order valence-corrected chi connectivity index (χ0v) is 30.0. The first-order valence-electron chi connectivity index (χ1n) is 18.0. The van der Waals surface area contributed by atoms with Gasteiger partial charge in [-0.3, -0.25) is 0 Å². The van der Waals surface area contributed by atoms with E-state index >= 15 is 0 Å². The predicted molar refractivity (Wildman–Crippen MR) is 227 cm³/mol. The minimum Gasteiger partial charge on any atom is -0.310 e. The lowest BCUT2D eigenvalue weighted by molar-refractivity contribution is 1.08. The molecule has 8 aromatic carbocycles. The van der Waals surface area contributed by atoms with Gasteiger partial charge >= 0.3 is 0 Å². The van der Waals surface area contributed by atoms with Crippen LogP contribution in [0, 0.1) is 0 Å². The van der Waals surface area contributed by atoms with Crippen molar-refractivity contribution in [3.05, 3.63) is 194 Å². The summed E-state index contributed by atoms with van der Waals surface area (Å²) in [7, 11) is 0. The van der Waals surface area contributed by atoms with Gasteiger partial charge in [0.15, 0.2) is 17.5 Å². The SMILES string of the molecule is c1ccc(-c2nc(-c3ccc4ccccc4c3)nc(-c3cccc4sc5cc(-c6cccc(N(c7ccccc7)c7ccccc7)c6)ccc5c34)n2)cc1. The Morgan fingerprint density at radius 3 is 1.69 bits per heavy atom. The maximum absolute atomic E-state index is 5.16. The number of nitrogens with zero attached hydrogens (tertiary/aromatic N) is 4. The number of fused-ring (bicyclic) bond motifs is 4. The van der Waals surface area contributed by atoms with Crippen molar-refractivity contribution in [2.75, 3.05) is 4.90 Å². The molecule has 254 valence electrons. The van der Waals surface area contributed by atoms with E-state index in [1.165, 1.54) is 25.7 Å². The van der Waals surface area contributed by atoms with E-state index in [1.54, 1.807) is 11.3 Å². The molecule has 0 amide bonds. The van der Waals surface area contributed by atoms with Crippen LogP contribution in [0.15, 0.2) is 194 Å². The number of aromatic nitrogens is 3. The summed E-state index contributed by atoms with van der Waals surface area (Å²) in [5.74, 6) is 1.97. The van der Waals surface area contributed by atoms with Gasteiger partial charge in [-0.05, 0) is 76.5 Å². The summed E-state index contributed by atoms with van der Waals surface area (Å²) < 4.78 is 2.41. The lowest BCUT2D eigenvalue weighted by Crippen LogP contribution is -2.09. The molecule has 10 aromatic rings. The second-order valence-corrected chi connectivity index (χ2v) is 14.4. The molecule has 5 heteroatoms. The van der Waals surface area contributed by atoms with Gasteiger partial charge in [-0.2, -0.15) is 0 Å². The van der Waals surface area contributed by atoms with Crippen LogP contribution in [0.5, 0.6) is 0 Å². The minimum absolute atomic E-state index is 0.655. The molecule has 0 aliphatic carbocycles. The molecule has 2 heterocycles. The van der Waals surface area contributed by atoms with Crippen LogP contribution in [0.2, 0.25) is 0 Å². The van der Waals surface area contributed by atoms with Crippen molar-refractivity contribution in [2.24, 2.45) is 0 Å². The largest absolute Gasteiger partial charge is 0.310 e. The van der Waals surface area contributed by atoms with Gasteiger partial charge in [0.25, 0.3) is 0 Å². The summed E-state index contributed by atoms with van der Waals surface area (Å²) in [4.78, 5) is 17.6. The van der Waals surface area contributed by atoms with Gasteiger partial charge < -0.3 is 4.90 Å². The number of benzene rings is 8. The van der Waals surface area contributed by atoms with Gasteiger partial charge in [-0.15, -0.1) is 11.3 Å². The van der Waals surface area contributed by atoms with Crippen molar-refractivity contribution in [1.82, 2.24) is 15.0 Å². The molecule has 0 radical (unpaired) electrons. The number of hydrogen-bond acceptors (Lipinski definition) is 5. The molecule has 4 nitrogen and oxygen atoms in total. The third-order valence-corrected chi connectivity index (χ3v) is 11.0. The van der Waals surface area contributed by atoms with Gasteiger partial charge in [-0.1, -0.05) is 140 Å². The molecule has 0 unspecified atom stereocenters. The Kier molecular flexibility index (Phi) is 7.97. The maximum atomic E-state index is 5.16. The van der Waals surface area contributed by atoms with Crippen LogP contribution in [-0.2, 0) is 0 Å². The summed E-state index contributed by atoms with van der Waals surface area (Å²) in [5.41, 5.74) is 8.58. The zero-order chi connectivity index (χ0) is 35.8. The summed E-state index contributed by atoms with van der Waals surface area (Å²) in [6, 6.07) is 68.1. The van der Waals surface area contributed by atoms with E-state index < -0.39 is 0 Å². The van der Waals surface area contributed by atoms with Crippen LogP contribution in [0.25, 0.3) is 76.2 Å². The van der Waals surface area contributed by atoms with E-state index in [0.29, 0.717) is 17.5 Å². The van der Waals surface area contributed by atoms with Crippen molar-refractivity contribution in [1.29, 1.82) is 0 Å². The molecule has 0 bridgehead atoms. The summed E-state index contributed by atoms with van der Waals surface area (Å²) in [6.07, 6.45) is 0. The molecule has 10 rings (SSSR count). The molecule has 0 saturated heterocycles. The molecule has 0 atom stereocenters. The lowest BCUT2D eigenvalue weighted by atomic mass is 10.0. The molecule has 0 N–H and O–H groups in total. The molecule has 0 spiro atoms. The Balaban J connectivity index is 1.09. The highest BCUT2D eigenvalue weighted by Crippen LogP contribution is 2.42. The highest BCUT2D eigenvalue weighted by atomic mass is 32.1. The second kappa shape index (κ2) is 13.6. The third-order valence-electron chi connectivity index (χ3n) is 9.88. The van der Waals surface area contributed by atoms with E-state index in [0.717, 1.165) is 50.1 Å². The number of thiophene rings is 1. The summed E-state index contributed by atoms with van der Waals surface area (Å²) in [5, 5.41) is 4.68. The Labute approximate surface area is 317 Å². The van der Waals surface area contributed by atoms with Crippen molar-refractivity contribution in [2.45, 2.75) is 0 Å². The average Bonchev–Trinajstić information content (AvgIpc) is 3.63. The lowest BCUT2D eigenvalue weighted by Gasteiger charge is -2.25. The summed E-state index contributed by atoms with van der Waals surface area (Å²) in [6.45, 7) is 0. The highest BCUT2D eigenvalue weighted by Gasteiger charge is 2.18. The first-order chi connectivity index (χ1) is 26.7. The van der Waals surface area contributed by atoms with E-state index in [1.807, 2.05) is 18.2 Å². The quantitative estimate of drug-likeness (QED) is 0.165. The van der Waals surface area contributed by atoms with E-state index in [2.05, 4.69) is 181 Å². The van der Waals surface area contributed by atoms with E-state index in [4.69, 9.17) is 15.0 Å². The number of anilines is 3. The number of rotatable bonds is 7. The number of para-hydroxylation sites is 2.